The largest absolute Gasteiger partial charge is 0.497 e. The average Bonchev–Trinajstić information content (AvgIpc) is 3.26. The summed E-state index contributed by atoms with van der Waals surface area (Å²) in [6.45, 7) is 0. The van der Waals surface area contributed by atoms with E-state index in [0.29, 0.717) is 5.56 Å². The molecule has 0 spiro atoms. The van der Waals surface area contributed by atoms with Crippen molar-refractivity contribution in [3.63, 3.8) is 0 Å². The summed E-state index contributed by atoms with van der Waals surface area (Å²) < 4.78 is 10.7. The Kier molecular flexibility index (Phi) is 2.98. The Morgan fingerprint density at radius 3 is 2.68 bits per heavy atom. The van der Waals surface area contributed by atoms with Gasteiger partial charge in [0.25, 0.3) is 0 Å². The number of ether oxygens (including phenoxy) is 2. The fourth-order valence-electron chi connectivity index (χ4n) is 2.79. The van der Waals surface area contributed by atoms with Gasteiger partial charge in [-0.3, -0.25) is 4.79 Å². The van der Waals surface area contributed by atoms with Crippen LogP contribution in [0.25, 0.3) is 10.9 Å². The van der Waals surface area contributed by atoms with Crippen molar-refractivity contribution >= 4 is 16.7 Å². The van der Waals surface area contributed by atoms with Crippen LogP contribution < -0.4 is 4.74 Å². The molecule has 1 saturated heterocycles. The normalized spacial score (nSPS) is 20.0. The van der Waals surface area contributed by atoms with Crippen LogP contribution in [-0.4, -0.2) is 24.0 Å². The van der Waals surface area contributed by atoms with E-state index in [1.165, 1.54) is 0 Å². The van der Waals surface area contributed by atoms with Gasteiger partial charge in [0, 0.05) is 22.7 Å². The van der Waals surface area contributed by atoms with Gasteiger partial charge in [0.05, 0.1) is 7.11 Å². The number of para-hydroxylation sites is 1. The van der Waals surface area contributed by atoms with E-state index in [1.807, 2.05) is 48.5 Å². The molecule has 1 N–H and O–H groups in total. The minimum Gasteiger partial charge on any atom is -0.497 e. The second kappa shape index (κ2) is 5.00. The van der Waals surface area contributed by atoms with Crippen molar-refractivity contribution < 1.29 is 14.3 Å². The molecule has 3 aromatic rings. The van der Waals surface area contributed by atoms with Crippen LogP contribution in [0.1, 0.15) is 22.0 Å². The number of aromatic nitrogens is 1. The zero-order valence-corrected chi connectivity index (χ0v) is 12.1. The number of H-pyrrole nitrogens is 1. The highest BCUT2D eigenvalue weighted by atomic mass is 16.6. The number of hydrogen-bond acceptors (Lipinski definition) is 3. The number of benzene rings is 2. The maximum atomic E-state index is 12.6. The molecule has 0 radical (unpaired) electrons. The lowest BCUT2D eigenvalue weighted by Crippen LogP contribution is -2.07. The maximum Gasteiger partial charge on any atom is 0.196 e. The highest BCUT2D eigenvalue weighted by Crippen LogP contribution is 2.41. The highest BCUT2D eigenvalue weighted by Gasteiger charge is 2.46. The lowest BCUT2D eigenvalue weighted by Gasteiger charge is -2.00. The molecular formula is C18H15NO3. The summed E-state index contributed by atoms with van der Waals surface area (Å²) in [6.07, 6.45) is 1.21. The number of carbonyl (C=O) groups is 1. The Bertz CT molecular complexity index is 835. The van der Waals surface area contributed by atoms with Crippen LogP contribution >= 0.6 is 0 Å². The van der Waals surface area contributed by atoms with Crippen molar-refractivity contribution in [3.8, 4) is 5.75 Å². The lowest BCUT2D eigenvalue weighted by atomic mass is 10.0. The van der Waals surface area contributed by atoms with Crippen LogP contribution in [0.5, 0.6) is 5.75 Å². The summed E-state index contributed by atoms with van der Waals surface area (Å²) in [5.74, 6) is 0.821. The third-order valence-electron chi connectivity index (χ3n) is 4.05. The Morgan fingerprint density at radius 1 is 1.14 bits per heavy atom. The first-order valence-electron chi connectivity index (χ1n) is 7.17. The second-order valence-corrected chi connectivity index (χ2v) is 5.36. The molecule has 1 fully saturated rings. The molecule has 110 valence electrons. The zero-order valence-electron chi connectivity index (χ0n) is 12.1. The first kappa shape index (κ1) is 13.1. The SMILES string of the molecule is COc1ccc([C@@H]2O[C@@H]2C(=O)c2c[nH]c3ccccc23)cc1. The van der Waals surface area contributed by atoms with Gasteiger partial charge in [0.2, 0.25) is 0 Å². The topological polar surface area (TPSA) is 54.6 Å². The van der Waals surface area contributed by atoms with Crippen molar-refractivity contribution in [1.82, 2.24) is 4.98 Å². The molecule has 1 aliphatic rings. The summed E-state index contributed by atoms with van der Waals surface area (Å²) in [5, 5.41) is 0.941. The molecule has 4 nitrogen and oxygen atoms in total. The Morgan fingerprint density at radius 2 is 1.91 bits per heavy atom. The fourth-order valence-corrected chi connectivity index (χ4v) is 2.79. The van der Waals surface area contributed by atoms with Gasteiger partial charge in [0.15, 0.2) is 11.9 Å². The van der Waals surface area contributed by atoms with Gasteiger partial charge in [-0.25, -0.2) is 0 Å². The van der Waals surface area contributed by atoms with E-state index in [4.69, 9.17) is 9.47 Å². The van der Waals surface area contributed by atoms with E-state index < -0.39 is 6.10 Å². The molecule has 2 heterocycles. The van der Waals surface area contributed by atoms with E-state index >= 15 is 0 Å². The Hall–Kier alpha value is -2.59. The molecule has 0 amide bonds. The molecule has 4 rings (SSSR count). The number of hydrogen-bond donors (Lipinski definition) is 1. The molecule has 0 unspecified atom stereocenters. The van der Waals surface area contributed by atoms with Crippen LogP contribution in [0.3, 0.4) is 0 Å². The van der Waals surface area contributed by atoms with Gasteiger partial charge < -0.3 is 14.5 Å². The lowest BCUT2D eigenvalue weighted by molar-refractivity contribution is 0.0955. The molecule has 1 aliphatic heterocycles. The second-order valence-electron chi connectivity index (χ2n) is 5.36. The molecule has 0 saturated carbocycles. The molecule has 1 aromatic heterocycles. The summed E-state index contributed by atoms with van der Waals surface area (Å²) in [6, 6.07) is 15.4. The summed E-state index contributed by atoms with van der Waals surface area (Å²) in [5.41, 5.74) is 2.66. The van der Waals surface area contributed by atoms with Gasteiger partial charge in [-0.05, 0) is 23.8 Å². The van der Waals surface area contributed by atoms with Crippen molar-refractivity contribution in [3.05, 3.63) is 65.9 Å². The number of aromatic amines is 1. The van der Waals surface area contributed by atoms with E-state index in [-0.39, 0.29) is 11.9 Å². The van der Waals surface area contributed by atoms with E-state index in [1.54, 1.807) is 13.3 Å². The van der Waals surface area contributed by atoms with E-state index in [9.17, 15) is 4.79 Å². The number of rotatable bonds is 4. The first-order chi connectivity index (χ1) is 10.8. The van der Waals surface area contributed by atoms with Crippen molar-refractivity contribution in [2.24, 2.45) is 0 Å². The smallest absolute Gasteiger partial charge is 0.196 e. The molecule has 2 aromatic carbocycles. The van der Waals surface area contributed by atoms with Crippen LogP contribution in [0.2, 0.25) is 0 Å². The van der Waals surface area contributed by atoms with Crippen LogP contribution in [0, 0.1) is 0 Å². The minimum atomic E-state index is -0.396. The number of methoxy groups -OCH3 is 1. The summed E-state index contributed by atoms with van der Waals surface area (Å²) in [4.78, 5) is 15.7. The van der Waals surface area contributed by atoms with Gasteiger partial charge in [-0.15, -0.1) is 0 Å². The number of nitrogens with one attached hydrogen (secondary N) is 1. The van der Waals surface area contributed by atoms with Crippen molar-refractivity contribution in [1.29, 1.82) is 0 Å². The number of epoxide rings is 1. The quantitative estimate of drug-likeness (QED) is 0.591. The van der Waals surface area contributed by atoms with E-state index in [0.717, 1.165) is 22.2 Å². The molecule has 4 heteroatoms. The maximum absolute atomic E-state index is 12.6. The Balaban J connectivity index is 1.57. The number of Topliss-reactive ketones (excluding diaryl/α,β-unsaturated/α-hetero) is 1. The average molecular weight is 293 g/mol. The Labute approximate surface area is 127 Å². The van der Waals surface area contributed by atoms with Gasteiger partial charge in [0.1, 0.15) is 11.9 Å². The van der Waals surface area contributed by atoms with Crippen LogP contribution in [0.4, 0.5) is 0 Å². The predicted molar refractivity (Wildman–Crippen MR) is 83.2 cm³/mol. The van der Waals surface area contributed by atoms with Crippen LogP contribution in [0.15, 0.2) is 54.7 Å². The predicted octanol–water partition coefficient (Wildman–Crippen LogP) is 3.50. The van der Waals surface area contributed by atoms with Gasteiger partial charge in [-0.2, -0.15) is 0 Å². The monoisotopic (exact) mass is 293 g/mol. The summed E-state index contributed by atoms with van der Waals surface area (Å²) in [7, 11) is 1.63. The molecule has 0 bridgehead atoms. The van der Waals surface area contributed by atoms with Crippen LogP contribution in [-0.2, 0) is 4.74 Å². The third kappa shape index (κ3) is 2.09. The number of carbonyl (C=O) groups excluding carboxylic acids is 1. The molecule has 22 heavy (non-hydrogen) atoms. The first-order valence-corrected chi connectivity index (χ1v) is 7.17. The number of fused-ring (bicyclic) bond motifs is 1. The highest BCUT2D eigenvalue weighted by molar-refractivity contribution is 6.11. The molecule has 0 aliphatic carbocycles. The van der Waals surface area contributed by atoms with Crippen molar-refractivity contribution in [2.75, 3.05) is 7.11 Å². The molecular weight excluding hydrogens is 278 g/mol. The standard InChI is InChI=1S/C18H15NO3/c1-21-12-8-6-11(7-9-12)17-18(22-17)16(20)14-10-19-15-5-3-2-4-13(14)15/h2-10,17-19H,1H3/t17-,18+/m0/s1. The number of ketones is 1. The summed E-state index contributed by atoms with van der Waals surface area (Å²) >= 11 is 0. The zero-order chi connectivity index (χ0) is 15.1. The third-order valence-corrected chi connectivity index (χ3v) is 4.05. The van der Waals surface area contributed by atoms with Crippen molar-refractivity contribution in [2.45, 2.75) is 12.2 Å². The van der Waals surface area contributed by atoms with Gasteiger partial charge >= 0.3 is 0 Å². The van der Waals surface area contributed by atoms with E-state index in [2.05, 4.69) is 4.98 Å². The fraction of sp³-hybridized carbons (Fsp3) is 0.167. The molecule has 2 atom stereocenters. The minimum absolute atomic E-state index is 0.0262. The van der Waals surface area contributed by atoms with Gasteiger partial charge in [-0.1, -0.05) is 30.3 Å².